The molecule has 0 saturated carbocycles. The summed E-state index contributed by atoms with van der Waals surface area (Å²) in [7, 11) is 0. The maximum atomic E-state index is 12.2. The van der Waals surface area contributed by atoms with Gasteiger partial charge in [0.2, 0.25) is 6.29 Å². The predicted molar refractivity (Wildman–Crippen MR) is 47.2 cm³/mol. The van der Waals surface area contributed by atoms with Crippen molar-refractivity contribution in [2.24, 2.45) is 0 Å². The van der Waals surface area contributed by atoms with E-state index >= 15 is 0 Å². The number of halogens is 3. The highest BCUT2D eigenvalue weighted by Crippen LogP contribution is 2.30. The summed E-state index contributed by atoms with van der Waals surface area (Å²) in [6, 6.07) is 4.01. The number of anilines is 1. The smallest absolute Gasteiger partial charge is 0.335 e. The summed E-state index contributed by atoms with van der Waals surface area (Å²) in [6.45, 7) is 0. The highest BCUT2D eigenvalue weighted by molar-refractivity contribution is 6.20. The van der Waals surface area contributed by atoms with Crippen LogP contribution in [-0.2, 0) is 20.6 Å². The summed E-state index contributed by atoms with van der Waals surface area (Å²) in [4.78, 5) is 24.4. The third-order valence-electron chi connectivity index (χ3n) is 1.56. The molecule has 86 valence electrons. The molecule has 0 amide bonds. The second kappa shape index (κ2) is 4.65. The van der Waals surface area contributed by atoms with E-state index in [1.54, 1.807) is 0 Å². The van der Waals surface area contributed by atoms with E-state index in [4.69, 9.17) is 0 Å². The first kappa shape index (κ1) is 12.0. The van der Waals surface area contributed by atoms with Crippen molar-refractivity contribution in [3.63, 3.8) is 0 Å². The van der Waals surface area contributed by atoms with Gasteiger partial charge in [0, 0.05) is 0 Å². The van der Waals surface area contributed by atoms with E-state index in [9.17, 15) is 22.8 Å². The molecule has 0 spiro atoms. The summed E-state index contributed by atoms with van der Waals surface area (Å²) >= 11 is 0. The van der Waals surface area contributed by atoms with Crippen molar-refractivity contribution < 1.29 is 27.6 Å². The van der Waals surface area contributed by atoms with Gasteiger partial charge < -0.3 is 4.84 Å². The Hall–Kier alpha value is -2.05. The van der Waals surface area contributed by atoms with Crippen LogP contribution in [-0.4, -0.2) is 12.3 Å². The minimum Gasteiger partial charge on any atom is -0.335 e. The first-order valence-electron chi connectivity index (χ1n) is 4.03. The molecule has 1 aromatic carbocycles. The molecule has 0 heterocycles. The van der Waals surface area contributed by atoms with Crippen LogP contribution < -0.4 is 5.48 Å². The maximum absolute atomic E-state index is 12.2. The second-order valence-corrected chi connectivity index (χ2v) is 2.72. The molecule has 0 radical (unpaired) electrons. The van der Waals surface area contributed by atoms with Gasteiger partial charge in [-0.15, -0.1) is 0 Å². The Balaban J connectivity index is 2.75. The largest absolute Gasteiger partial charge is 0.416 e. The fourth-order valence-corrected chi connectivity index (χ4v) is 0.892. The summed E-state index contributed by atoms with van der Waals surface area (Å²) < 4.78 is 36.7. The number of aldehydes is 1. The van der Waals surface area contributed by atoms with Crippen LogP contribution in [0.3, 0.4) is 0 Å². The number of hydrogen-bond donors (Lipinski definition) is 1. The molecule has 0 atom stereocenters. The van der Waals surface area contributed by atoms with E-state index in [0.717, 1.165) is 18.2 Å². The van der Waals surface area contributed by atoms with Gasteiger partial charge in [0.05, 0.1) is 11.3 Å². The Morgan fingerprint density at radius 2 is 2.06 bits per heavy atom. The second-order valence-electron chi connectivity index (χ2n) is 2.72. The third kappa shape index (κ3) is 3.26. The standard InChI is InChI=1S/C9H6F3NO3/c10-9(11,12)6-2-1-3-7(4-6)13-16-8(15)5-14/h1-5,13H. The van der Waals surface area contributed by atoms with Gasteiger partial charge in [-0.05, 0) is 18.2 Å². The zero-order valence-corrected chi connectivity index (χ0v) is 7.75. The van der Waals surface area contributed by atoms with Crippen LogP contribution in [0.5, 0.6) is 0 Å². The van der Waals surface area contributed by atoms with E-state index < -0.39 is 17.7 Å². The van der Waals surface area contributed by atoms with Crippen LogP contribution in [0.2, 0.25) is 0 Å². The van der Waals surface area contributed by atoms with Gasteiger partial charge in [0.15, 0.2) is 0 Å². The van der Waals surface area contributed by atoms with Gasteiger partial charge in [0.25, 0.3) is 0 Å². The predicted octanol–water partition coefficient (Wildman–Crippen LogP) is 1.77. The Morgan fingerprint density at radius 3 is 2.62 bits per heavy atom. The quantitative estimate of drug-likeness (QED) is 0.491. The molecule has 0 unspecified atom stereocenters. The lowest BCUT2D eigenvalue weighted by Gasteiger charge is -2.09. The van der Waals surface area contributed by atoms with Gasteiger partial charge in [-0.2, -0.15) is 13.2 Å². The summed E-state index contributed by atoms with van der Waals surface area (Å²) in [5.41, 5.74) is 0.959. The number of benzene rings is 1. The molecule has 7 heteroatoms. The van der Waals surface area contributed by atoms with E-state index in [1.165, 1.54) is 6.07 Å². The van der Waals surface area contributed by atoms with Gasteiger partial charge >= 0.3 is 12.1 Å². The zero-order valence-electron chi connectivity index (χ0n) is 7.75. The molecule has 1 N–H and O–H groups in total. The molecule has 4 nitrogen and oxygen atoms in total. The normalized spacial score (nSPS) is 10.7. The lowest BCUT2D eigenvalue weighted by molar-refractivity contribution is -0.146. The molecule has 0 fully saturated rings. The summed E-state index contributed by atoms with van der Waals surface area (Å²) in [5.74, 6) is -1.22. The molecule has 0 aromatic heterocycles. The molecule has 0 saturated heterocycles. The Morgan fingerprint density at radius 1 is 1.38 bits per heavy atom. The van der Waals surface area contributed by atoms with Crippen LogP contribution in [0, 0.1) is 0 Å². The van der Waals surface area contributed by atoms with Crippen LogP contribution in [0.15, 0.2) is 24.3 Å². The van der Waals surface area contributed by atoms with E-state index in [2.05, 4.69) is 4.84 Å². The number of hydrogen-bond acceptors (Lipinski definition) is 4. The molecular formula is C9H6F3NO3. The van der Waals surface area contributed by atoms with Crippen molar-refractivity contribution in [1.82, 2.24) is 0 Å². The number of nitrogens with one attached hydrogen (secondary N) is 1. The number of alkyl halides is 3. The van der Waals surface area contributed by atoms with Crippen LogP contribution in [0.4, 0.5) is 18.9 Å². The Labute approximate surface area is 88.0 Å². The SMILES string of the molecule is O=CC(=O)ONc1cccc(C(F)(F)F)c1. The van der Waals surface area contributed by atoms with Crippen molar-refractivity contribution in [2.75, 3.05) is 5.48 Å². The summed E-state index contributed by atoms with van der Waals surface area (Å²) in [5, 5.41) is 0. The Bertz CT molecular complexity index is 403. The fourth-order valence-electron chi connectivity index (χ4n) is 0.892. The third-order valence-corrected chi connectivity index (χ3v) is 1.56. The van der Waals surface area contributed by atoms with Crippen LogP contribution in [0.1, 0.15) is 5.56 Å². The van der Waals surface area contributed by atoms with Crippen molar-refractivity contribution in [2.45, 2.75) is 6.18 Å². The van der Waals surface area contributed by atoms with Crippen molar-refractivity contribution in [1.29, 1.82) is 0 Å². The monoisotopic (exact) mass is 233 g/mol. The van der Waals surface area contributed by atoms with E-state index in [1.807, 2.05) is 5.48 Å². The first-order valence-corrected chi connectivity index (χ1v) is 4.03. The van der Waals surface area contributed by atoms with E-state index in [0.29, 0.717) is 0 Å². The van der Waals surface area contributed by atoms with Gasteiger partial charge in [0.1, 0.15) is 0 Å². The number of carbonyl (C=O) groups is 2. The number of carbonyl (C=O) groups excluding carboxylic acids is 2. The molecule has 0 aliphatic heterocycles. The average molecular weight is 233 g/mol. The minimum atomic E-state index is -4.48. The van der Waals surface area contributed by atoms with Gasteiger partial charge in [-0.3, -0.25) is 4.79 Å². The van der Waals surface area contributed by atoms with Crippen molar-refractivity contribution in [3.8, 4) is 0 Å². The topological polar surface area (TPSA) is 55.4 Å². The van der Waals surface area contributed by atoms with Crippen molar-refractivity contribution in [3.05, 3.63) is 29.8 Å². The molecule has 0 aliphatic carbocycles. The molecule has 0 bridgehead atoms. The molecule has 16 heavy (non-hydrogen) atoms. The maximum Gasteiger partial charge on any atom is 0.416 e. The molecular weight excluding hydrogens is 227 g/mol. The first-order chi connectivity index (χ1) is 7.43. The molecule has 1 rings (SSSR count). The minimum absolute atomic E-state index is 0.0787. The number of rotatable bonds is 3. The average Bonchev–Trinajstić information content (AvgIpc) is 2.25. The lowest BCUT2D eigenvalue weighted by Crippen LogP contribution is -2.12. The summed E-state index contributed by atoms with van der Waals surface area (Å²) in [6.07, 6.45) is -4.59. The van der Waals surface area contributed by atoms with Crippen LogP contribution >= 0.6 is 0 Å². The van der Waals surface area contributed by atoms with Crippen LogP contribution in [0.25, 0.3) is 0 Å². The molecule has 1 aromatic rings. The highest BCUT2D eigenvalue weighted by atomic mass is 19.4. The highest BCUT2D eigenvalue weighted by Gasteiger charge is 2.30. The van der Waals surface area contributed by atoms with Crippen molar-refractivity contribution >= 4 is 17.9 Å². The molecule has 0 aliphatic rings. The Kier molecular flexibility index (Phi) is 3.49. The van der Waals surface area contributed by atoms with E-state index in [-0.39, 0.29) is 12.0 Å². The fraction of sp³-hybridized carbons (Fsp3) is 0.111. The lowest BCUT2D eigenvalue weighted by atomic mass is 10.2. The zero-order chi connectivity index (χ0) is 12.2. The van der Waals surface area contributed by atoms with Gasteiger partial charge in [-0.1, -0.05) is 6.07 Å². The van der Waals surface area contributed by atoms with Gasteiger partial charge in [-0.25, -0.2) is 10.3 Å².